The highest BCUT2D eigenvalue weighted by Crippen LogP contribution is 2.22. The van der Waals surface area contributed by atoms with Crippen LogP contribution in [-0.4, -0.2) is 23.7 Å². The molecule has 3 aromatic rings. The number of amides is 1. The van der Waals surface area contributed by atoms with Crippen molar-refractivity contribution in [1.29, 1.82) is 0 Å². The molecule has 0 aliphatic carbocycles. The molecule has 1 N–H and O–H groups in total. The van der Waals surface area contributed by atoms with Crippen LogP contribution in [0.5, 0.6) is 5.75 Å². The van der Waals surface area contributed by atoms with Gasteiger partial charge in [0.1, 0.15) is 11.3 Å². The highest BCUT2D eigenvalue weighted by atomic mass is 16.6. The van der Waals surface area contributed by atoms with Crippen LogP contribution in [0.25, 0.3) is 11.0 Å². The number of carbonyl (C=O) groups excluding carboxylic acids is 1. The second-order valence-corrected chi connectivity index (χ2v) is 5.84. The first kappa shape index (κ1) is 18.8. The van der Waals surface area contributed by atoms with E-state index in [1.807, 2.05) is 0 Å². The average molecular weight is 381 g/mol. The Morgan fingerprint density at radius 3 is 2.89 bits per heavy atom. The van der Waals surface area contributed by atoms with Crippen LogP contribution in [0.4, 0.5) is 5.69 Å². The van der Waals surface area contributed by atoms with E-state index in [9.17, 15) is 19.7 Å². The number of nitrogens with zero attached hydrogens (tertiary/aromatic N) is 2. The molecule has 0 unspecified atom stereocenters. The number of hydrogen-bond donors (Lipinski definition) is 1. The molecule has 2 aromatic carbocycles. The fraction of sp³-hybridized carbons (Fsp3) is 0.105. The summed E-state index contributed by atoms with van der Waals surface area (Å²) in [5.74, 6) is -0.161. The molecule has 0 radical (unpaired) electrons. The maximum atomic E-state index is 11.8. The number of fused-ring (bicyclic) bond motifs is 1. The van der Waals surface area contributed by atoms with E-state index >= 15 is 0 Å². The quantitative estimate of drug-likeness (QED) is 0.303. The molecule has 0 bridgehead atoms. The van der Waals surface area contributed by atoms with Gasteiger partial charge < -0.3 is 9.15 Å². The minimum Gasteiger partial charge on any atom is -0.484 e. The smallest absolute Gasteiger partial charge is 0.336 e. The lowest BCUT2D eigenvalue weighted by molar-refractivity contribution is -0.384. The molecule has 1 aromatic heterocycles. The predicted molar refractivity (Wildman–Crippen MR) is 102 cm³/mol. The van der Waals surface area contributed by atoms with Gasteiger partial charge in [0.05, 0.1) is 11.1 Å². The van der Waals surface area contributed by atoms with E-state index in [2.05, 4.69) is 10.5 Å². The third kappa shape index (κ3) is 4.58. The summed E-state index contributed by atoms with van der Waals surface area (Å²) in [5.41, 5.74) is 3.35. The van der Waals surface area contributed by atoms with Crippen molar-refractivity contribution < 1.29 is 18.9 Å². The highest BCUT2D eigenvalue weighted by Gasteiger charge is 2.07. The summed E-state index contributed by atoms with van der Waals surface area (Å²) >= 11 is 0. The van der Waals surface area contributed by atoms with Crippen molar-refractivity contribution in [3.63, 3.8) is 0 Å². The summed E-state index contributed by atoms with van der Waals surface area (Å²) in [6.45, 7) is 1.49. The van der Waals surface area contributed by atoms with Gasteiger partial charge in [-0.05, 0) is 24.6 Å². The molecule has 9 heteroatoms. The van der Waals surface area contributed by atoms with Crippen LogP contribution >= 0.6 is 0 Å². The highest BCUT2D eigenvalue weighted by molar-refractivity contribution is 5.84. The van der Waals surface area contributed by atoms with Gasteiger partial charge in [-0.2, -0.15) is 5.10 Å². The second kappa shape index (κ2) is 8.12. The van der Waals surface area contributed by atoms with Crippen LogP contribution in [0.2, 0.25) is 0 Å². The second-order valence-electron chi connectivity index (χ2n) is 5.84. The van der Waals surface area contributed by atoms with E-state index in [1.165, 1.54) is 36.5 Å². The van der Waals surface area contributed by atoms with E-state index in [0.29, 0.717) is 16.9 Å². The van der Waals surface area contributed by atoms with E-state index < -0.39 is 16.5 Å². The first-order chi connectivity index (χ1) is 13.4. The Kier molecular flexibility index (Phi) is 5.45. The van der Waals surface area contributed by atoms with Gasteiger partial charge >= 0.3 is 5.63 Å². The lowest BCUT2D eigenvalue weighted by atomic mass is 10.1. The Labute approximate surface area is 158 Å². The Balaban J connectivity index is 1.58. The molecule has 0 atom stereocenters. The molecule has 3 rings (SSSR count). The zero-order valence-corrected chi connectivity index (χ0v) is 14.7. The van der Waals surface area contributed by atoms with Crippen molar-refractivity contribution in [2.75, 3.05) is 6.61 Å². The summed E-state index contributed by atoms with van der Waals surface area (Å²) < 4.78 is 10.5. The predicted octanol–water partition coefficient (Wildman–Crippen LogP) is 2.54. The van der Waals surface area contributed by atoms with Crippen molar-refractivity contribution in [2.45, 2.75) is 6.92 Å². The van der Waals surface area contributed by atoms with Crippen molar-refractivity contribution in [3.8, 4) is 5.75 Å². The van der Waals surface area contributed by atoms with Gasteiger partial charge in [0, 0.05) is 35.2 Å². The number of carbonyl (C=O) groups is 1. The third-order valence-corrected chi connectivity index (χ3v) is 3.78. The molecule has 0 saturated heterocycles. The van der Waals surface area contributed by atoms with Crippen LogP contribution in [0.3, 0.4) is 0 Å². The number of nitro benzene ring substituents is 1. The topological polar surface area (TPSA) is 124 Å². The Morgan fingerprint density at radius 1 is 1.29 bits per heavy atom. The normalized spacial score (nSPS) is 10.9. The van der Waals surface area contributed by atoms with E-state index in [-0.39, 0.29) is 12.3 Å². The van der Waals surface area contributed by atoms with Gasteiger partial charge in [-0.1, -0.05) is 12.1 Å². The summed E-state index contributed by atoms with van der Waals surface area (Å²) in [7, 11) is 0. The van der Waals surface area contributed by atoms with Gasteiger partial charge in [0.15, 0.2) is 6.61 Å². The number of aryl methyl sites for hydroxylation is 1. The maximum absolute atomic E-state index is 11.8. The fourth-order valence-electron chi connectivity index (χ4n) is 2.47. The molecule has 0 aliphatic heterocycles. The molecule has 1 heterocycles. The maximum Gasteiger partial charge on any atom is 0.336 e. The first-order valence-electron chi connectivity index (χ1n) is 8.16. The molecule has 28 heavy (non-hydrogen) atoms. The van der Waals surface area contributed by atoms with Gasteiger partial charge in [-0.15, -0.1) is 0 Å². The van der Waals surface area contributed by atoms with Crippen molar-refractivity contribution in [3.05, 3.63) is 80.2 Å². The molecule has 1 amide bonds. The van der Waals surface area contributed by atoms with Crippen molar-refractivity contribution in [1.82, 2.24) is 5.43 Å². The number of hydrazone groups is 1. The molecular weight excluding hydrogens is 366 g/mol. The Bertz CT molecular complexity index is 1140. The van der Waals surface area contributed by atoms with Crippen LogP contribution in [-0.2, 0) is 4.79 Å². The lowest BCUT2D eigenvalue weighted by Crippen LogP contribution is -2.24. The molecule has 0 spiro atoms. The summed E-state index contributed by atoms with van der Waals surface area (Å²) in [5, 5.41) is 15.2. The van der Waals surface area contributed by atoms with Crippen molar-refractivity contribution >= 4 is 28.8 Å². The number of rotatable bonds is 6. The van der Waals surface area contributed by atoms with Crippen LogP contribution < -0.4 is 15.8 Å². The van der Waals surface area contributed by atoms with Gasteiger partial charge in [0.25, 0.3) is 11.6 Å². The number of hydrogen-bond acceptors (Lipinski definition) is 7. The summed E-state index contributed by atoms with van der Waals surface area (Å²) in [6, 6.07) is 12.2. The van der Waals surface area contributed by atoms with Crippen molar-refractivity contribution in [2.24, 2.45) is 5.10 Å². The van der Waals surface area contributed by atoms with Gasteiger partial charge in [0.2, 0.25) is 0 Å². The SMILES string of the molecule is Cc1cc(=O)oc2cc(OCC(=O)N/N=C\c3cccc([N+](=O)[O-])c3)ccc12. The molecular formula is C19H15N3O6. The van der Waals surface area contributed by atoms with Crippen LogP contribution in [0.1, 0.15) is 11.1 Å². The number of nitro groups is 1. The standard InChI is InChI=1S/C19H15N3O6/c1-12-7-19(24)28-17-9-15(5-6-16(12)17)27-11-18(23)21-20-10-13-3-2-4-14(8-13)22(25)26/h2-10H,11H2,1H3,(H,21,23)/b20-10-. The molecule has 9 nitrogen and oxygen atoms in total. The largest absolute Gasteiger partial charge is 0.484 e. The number of nitrogens with one attached hydrogen (secondary N) is 1. The zero-order chi connectivity index (χ0) is 20.1. The fourth-order valence-corrected chi connectivity index (χ4v) is 2.47. The van der Waals surface area contributed by atoms with Crippen LogP contribution in [0.15, 0.2) is 62.8 Å². The van der Waals surface area contributed by atoms with Crippen LogP contribution in [0, 0.1) is 17.0 Å². The minimum atomic E-state index is -0.521. The summed E-state index contributed by atoms with van der Waals surface area (Å²) in [6.07, 6.45) is 1.29. The Hall–Kier alpha value is -4.01. The third-order valence-electron chi connectivity index (χ3n) is 3.78. The minimum absolute atomic E-state index is 0.0724. The summed E-state index contributed by atoms with van der Waals surface area (Å²) in [4.78, 5) is 33.5. The zero-order valence-electron chi connectivity index (χ0n) is 14.7. The number of non-ortho nitro benzene ring substituents is 1. The van der Waals surface area contributed by atoms with E-state index in [4.69, 9.17) is 9.15 Å². The molecule has 0 aliphatic rings. The average Bonchev–Trinajstić information content (AvgIpc) is 2.66. The molecule has 0 saturated carbocycles. The number of ether oxygens (including phenoxy) is 1. The van der Waals surface area contributed by atoms with Gasteiger partial charge in [-0.25, -0.2) is 10.2 Å². The van der Waals surface area contributed by atoms with E-state index in [0.717, 1.165) is 10.9 Å². The number of benzene rings is 2. The van der Waals surface area contributed by atoms with E-state index in [1.54, 1.807) is 25.1 Å². The monoisotopic (exact) mass is 381 g/mol. The molecule has 0 fully saturated rings. The first-order valence-corrected chi connectivity index (χ1v) is 8.16. The lowest BCUT2D eigenvalue weighted by Gasteiger charge is -2.06. The molecule has 142 valence electrons. The van der Waals surface area contributed by atoms with Gasteiger partial charge in [-0.3, -0.25) is 14.9 Å². The Morgan fingerprint density at radius 2 is 2.11 bits per heavy atom.